The molecule has 0 aromatic rings. The second-order valence-electron chi connectivity index (χ2n) is 2.75. The Hall–Kier alpha value is -0.370. The predicted molar refractivity (Wildman–Crippen MR) is 38.9 cm³/mol. The van der Waals surface area contributed by atoms with Gasteiger partial charge in [0, 0.05) is 6.42 Å². The Morgan fingerprint density at radius 2 is 2.10 bits per heavy atom. The normalized spacial score (nSPS) is 30.1. The highest BCUT2D eigenvalue weighted by Crippen LogP contribution is 2.29. The lowest BCUT2D eigenvalue weighted by Gasteiger charge is -1.86. The number of epoxide rings is 1. The van der Waals surface area contributed by atoms with Crippen LogP contribution in [-0.4, -0.2) is 18.5 Å². The van der Waals surface area contributed by atoms with Crippen molar-refractivity contribution in [3.05, 3.63) is 0 Å². The molecule has 2 heteroatoms. The number of carbonyl (C=O) groups excluding carboxylic acids is 1. The standard InChI is InChI=1S/C8H14O2/c1-2-4-7-8(10-7)5-3-6-9/h6-8H,2-5H2,1H3/t7-,8-/m0/s1. The molecule has 0 bridgehead atoms. The van der Waals surface area contributed by atoms with Crippen LogP contribution < -0.4 is 0 Å². The fourth-order valence-corrected chi connectivity index (χ4v) is 1.20. The number of rotatable bonds is 5. The minimum absolute atomic E-state index is 0.408. The Morgan fingerprint density at radius 3 is 2.70 bits per heavy atom. The number of ether oxygens (including phenoxy) is 1. The molecule has 0 radical (unpaired) electrons. The summed E-state index contributed by atoms with van der Waals surface area (Å²) < 4.78 is 5.30. The maximum atomic E-state index is 9.95. The highest BCUT2D eigenvalue weighted by atomic mass is 16.6. The van der Waals surface area contributed by atoms with Gasteiger partial charge in [0.2, 0.25) is 0 Å². The number of hydrogen-bond donors (Lipinski definition) is 0. The summed E-state index contributed by atoms with van der Waals surface area (Å²) in [4.78, 5) is 9.95. The molecule has 1 fully saturated rings. The molecule has 0 aromatic carbocycles. The molecule has 1 heterocycles. The van der Waals surface area contributed by atoms with Crippen LogP contribution in [0.4, 0.5) is 0 Å². The van der Waals surface area contributed by atoms with E-state index in [2.05, 4.69) is 6.92 Å². The average Bonchev–Trinajstić information content (AvgIpc) is 2.65. The highest BCUT2D eigenvalue weighted by Gasteiger charge is 2.36. The predicted octanol–water partition coefficient (Wildman–Crippen LogP) is 1.53. The fraction of sp³-hybridized carbons (Fsp3) is 0.875. The molecule has 2 atom stereocenters. The van der Waals surface area contributed by atoms with Crippen molar-refractivity contribution in [2.24, 2.45) is 0 Å². The molecular formula is C8H14O2. The van der Waals surface area contributed by atoms with Crippen LogP contribution in [0.3, 0.4) is 0 Å². The monoisotopic (exact) mass is 142 g/mol. The van der Waals surface area contributed by atoms with Crippen LogP contribution in [0, 0.1) is 0 Å². The van der Waals surface area contributed by atoms with Gasteiger partial charge in [0.05, 0.1) is 12.2 Å². The van der Waals surface area contributed by atoms with E-state index in [9.17, 15) is 4.79 Å². The van der Waals surface area contributed by atoms with Crippen molar-refractivity contribution in [2.45, 2.75) is 44.8 Å². The molecule has 0 aromatic heterocycles. The quantitative estimate of drug-likeness (QED) is 0.430. The van der Waals surface area contributed by atoms with Gasteiger partial charge in [0.25, 0.3) is 0 Å². The van der Waals surface area contributed by atoms with Gasteiger partial charge in [0.15, 0.2) is 0 Å². The van der Waals surface area contributed by atoms with E-state index in [1.807, 2.05) is 0 Å². The number of carbonyl (C=O) groups is 1. The van der Waals surface area contributed by atoms with E-state index in [-0.39, 0.29) is 0 Å². The molecule has 1 aliphatic rings. The average molecular weight is 142 g/mol. The molecule has 0 N–H and O–H groups in total. The third-order valence-corrected chi connectivity index (χ3v) is 1.83. The lowest BCUT2D eigenvalue weighted by Crippen LogP contribution is -1.93. The SMILES string of the molecule is CCC[C@@H]1O[C@H]1CCC=O. The molecule has 0 saturated carbocycles. The molecule has 0 spiro atoms. The van der Waals surface area contributed by atoms with Crippen molar-refractivity contribution in [1.82, 2.24) is 0 Å². The Bertz CT molecular complexity index is 112. The molecule has 1 aliphatic heterocycles. The van der Waals surface area contributed by atoms with E-state index in [0.717, 1.165) is 19.1 Å². The highest BCUT2D eigenvalue weighted by molar-refractivity contribution is 5.49. The lowest BCUT2D eigenvalue weighted by molar-refractivity contribution is -0.108. The van der Waals surface area contributed by atoms with Gasteiger partial charge < -0.3 is 9.53 Å². The van der Waals surface area contributed by atoms with Crippen LogP contribution in [-0.2, 0) is 9.53 Å². The van der Waals surface area contributed by atoms with E-state index in [4.69, 9.17) is 4.74 Å². The molecular weight excluding hydrogens is 128 g/mol. The zero-order valence-corrected chi connectivity index (χ0v) is 6.38. The van der Waals surface area contributed by atoms with Gasteiger partial charge in [-0.2, -0.15) is 0 Å². The van der Waals surface area contributed by atoms with E-state index in [1.165, 1.54) is 6.42 Å². The minimum Gasteiger partial charge on any atom is -0.370 e. The summed E-state index contributed by atoms with van der Waals surface area (Å²) in [7, 11) is 0. The summed E-state index contributed by atoms with van der Waals surface area (Å²) in [6, 6.07) is 0. The van der Waals surface area contributed by atoms with Crippen LogP contribution in [0.1, 0.15) is 32.6 Å². The summed E-state index contributed by atoms with van der Waals surface area (Å²) in [5.74, 6) is 0. The maximum Gasteiger partial charge on any atom is 0.120 e. The number of hydrogen-bond acceptors (Lipinski definition) is 2. The second kappa shape index (κ2) is 3.71. The molecule has 2 nitrogen and oxygen atoms in total. The molecule has 1 saturated heterocycles. The summed E-state index contributed by atoms with van der Waals surface area (Å²) in [5.41, 5.74) is 0. The van der Waals surface area contributed by atoms with E-state index in [1.54, 1.807) is 0 Å². The summed E-state index contributed by atoms with van der Waals surface area (Å²) in [6.07, 6.45) is 5.77. The van der Waals surface area contributed by atoms with Crippen molar-refractivity contribution in [3.8, 4) is 0 Å². The van der Waals surface area contributed by atoms with Crippen LogP contribution in [0.5, 0.6) is 0 Å². The van der Waals surface area contributed by atoms with Crippen LogP contribution in [0.25, 0.3) is 0 Å². The van der Waals surface area contributed by atoms with Gasteiger partial charge in [-0.05, 0) is 12.8 Å². The van der Waals surface area contributed by atoms with Crippen LogP contribution >= 0.6 is 0 Å². The third kappa shape index (κ3) is 2.10. The molecule has 0 unspecified atom stereocenters. The first-order valence-corrected chi connectivity index (χ1v) is 3.97. The van der Waals surface area contributed by atoms with Gasteiger partial charge in [-0.25, -0.2) is 0 Å². The first kappa shape index (κ1) is 7.73. The van der Waals surface area contributed by atoms with E-state index >= 15 is 0 Å². The Balaban J connectivity index is 1.96. The van der Waals surface area contributed by atoms with Gasteiger partial charge in [-0.15, -0.1) is 0 Å². The molecule has 1 rings (SSSR count). The Labute approximate surface area is 61.6 Å². The lowest BCUT2D eigenvalue weighted by atomic mass is 10.1. The van der Waals surface area contributed by atoms with E-state index in [0.29, 0.717) is 18.6 Å². The van der Waals surface area contributed by atoms with E-state index < -0.39 is 0 Å². The number of aldehydes is 1. The zero-order chi connectivity index (χ0) is 7.40. The van der Waals surface area contributed by atoms with Crippen molar-refractivity contribution < 1.29 is 9.53 Å². The topological polar surface area (TPSA) is 29.6 Å². The summed E-state index contributed by atoms with van der Waals surface area (Å²) in [6.45, 7) is 2.15. The fourth-order valence-electron chi connectivity index (χ4n) is 1.20. The van der Waals surface area contributed by atoms with Crippen molar-refractivity contribution >= 4 is 6.29 Å². The van der Waals surface area contributed by atoms with Gasteiger partial charge in [0.1, 0.15) is 6.29 Å². The minimum atomic E-state index is 0.408. The molecule has 10 heavy (non-hydrogen) atoms. The molecule has 0 aliphatic carbocycles. The van der Waals surface area contributed by atoms with Crippen molar-refractivity contribution in [1.29, 1.82) is 0 Å². The summed E-state index contributed by atoms with van der Waals surface area (Å²) in [5, 5.41) is 0. The third-order valence-electron chi connectivity index (χ3n) is 1.83. The Morgan fingerprint density at radius 1 is 1.40 bits per heavy atom. The largest absolute Gasteiger partial charge is 0.370 e. The molecule has 58 valence electrons. The van der Waals surface area contributed by atoms with Gasteiger partial charge in [-0.1, -0.05) is 13.3 Å². The summed E-state index contributed by atoms with van der Waals surface area (Å²) >= 11 is 0. The second-order valence-corrected chi connectivity index (χ2v) is 2.75. The van der Waals surface area contributed by atoms with Crippen molar-refractivity contribution in [2.75, 3.05) is 0 Å². The smallest absolute Gasteiger partial charge is 0.120 e. The first-order valence-electron chi connectivity index (χ1n) is 3.97. The van der Waals surface area contributed by atoms with Crippen LogP contribution in [0.15, 0.2) is 0 Å². The van der Waals surface area contributed by atoms with Crippen molar-refractivity contribution in [3.63, 3.8) is 0 Å². The van der Waals surface area contributed by atoms with Gasteiger partial charge >= 0.3 is 0 Å². The van der Waals surface area contributed by atoms with Crippen LogP contribution in [0.2, 0.25) is 0 Å². The first-order chi connectivity index (χ1) is 4.88. The van der Waals surface area contributed by atoms with Gasteiger partial charge in [-0.3, -0.25) is 0 Å². The maximum absolute atomic E-state index is 9.95. The molecule has 0 amide bonds. The zero-order valence-electron chi connectivity index (χ0n) is 6.38. The Kier molecular flexibility index (Phi) is 2.87.